The van der Waals surface area contributed by atoms with Crippen molar-refractivity contribution >= 4 is 11.9 Å². The summed E-state index contributed by atoms with van der Waals surface area (Å²) in [7, 11) is 0. The minimum Gasteiger partial charge on any atom is -0.480 e. The summed E-state index contributed by atoms with van der Waals surface area (Å²) in [6.07, 6.45) is 2.59. The Morgan fingerprint density at radius 1 is 1.24 bits per heavy atom. The molecule has 2 fully saturated rings. The fourth-order valence-electron chi connectivity index (χ4n) is 3.65. The van der Waals surface area contributed by atoms with E-state index < -0.39 is 35.1 Å². The van der Waals surface area contributed by atoms with Crippen molar-refractivity contribution in [2.24, 2.45) is 11.8 Å². The van der Waals surface area contributed by atoms with Gasteiger partial charge in [0.05, 0.1) is 5.56 Å². The zero-order chi connectivity index (χ0) is 15.1. The van der Waals surface area contributed by atoms with Crippen LogP contribution in [0, 0.1) is 23.5 Å². The third-order valence-electron chi connectivity index (χ3n) is 4.59. The minimum atomic E-state index is -1.22. The Morgan fingerprint density at radius 2 is 2.00 bits per heavy atom. The van der Waals surface area contributed by atoms with Gasteiger partial charge in [0.25, 0.3) is 5.91 Å². The Morgan fingerprint density at radius 3 is 2.71 bits per heavy atom. The number of carbonyl (C=O) groups excluding carboxylic acids is 1. The molecule has 3 atom stereocenters. The van der Waals surface area contributed by atoms with Gasteiger partial charge in [-0.1, -0.05) is 12.5 Å². The van der Waals surface area contributed by atoms with E-state index in [2.05, 4.69) is 0 Å². The first-order chi connectivity index (χ1) is 10.0. The number of fused-ring (bicyclic) bond motifs is 1. The van der Waals surface area contributed by atoms with Crippen molar-refractivity contribution in [1.82, 2.24) is 4.90 Å². The number of carboxylic acid groups (broad SMARTS) is 1. The van der Waals surface area contributed by atoms with Crippen LogP contribution in [0.4, 0.5) is 8.78 Å². The second kappa shape index (κ2) is 5.09. The minimum absolute atomic E-state index is 0.0805. The number of carboxylic acids is 1. The lowest BCUT2D eigenvalue weighted by Gasteiger charge is -2.24. The summed E-state index contributed by atoms with van der Waals surface area (Å²) in [5.74, 6) is -4.08. The van der Waals surface area contributed by atoms with Gasteiger partial charge in [0, 0.05) is 6.54 Å². The largest absolute Gasteiger partial charge is 0.480 e. The highest BCUT2D eigenvalue weighted by Gasteiger charge is 2.49. The molecule has 1 heterocycles. The van der Waals surface area contributed by atoms with Gasteiger partial charge >= 0.3 is 5.97 Å². The molecule has 0 spiro atoms. The van der Waals surface area contributed by atoms with Gasteiger partial charge in [0.15, 0.2) is 11.6 Å². The number of hydrogen-bond donors (Lipinski definition) is 1. The molecule has 2 aliphatic rings. The molecule has 3 rings (SSSR count). The number of rotatable bonds is 2. The average molecular weight is 295 g/mol. The van der Waals surface area contributed by atoms with E-state index in [0.29, 0.717) is 6.54 Å². The molecule has 0 aromatic heterocycles. The summed E-state index contributed by atoms with van der Waals surface area (Å²) in [6.45, 7) is 0.302. The van der Waals surface area contributed by atoms with Crippen LogP contribution in [0.3, 0.4) is 0 Å². The fraction of sp³-hybridized carbons (Fsp3) is 0.467. The van der Waals surface area contributed by atoms with Crippen molar-refractivity contribution < 1.29 is 23.5 Å². The van der Waals surface area contributed by atoms with Gasteiger partial charge in [-0.15, -0.1) is 0 Å². The highest BCUT2D eigenvalue weighted by Crippen LogP contribution is 2.42. The number of amides is 1. The van der Waals surface area contributed by atoms with Gasteiger partial charge < -0.3 is 10.0 Å². The Hall–Kier alpha value is -1.98. The molecular formula is C15H15F2NO3. The normalized spacial score (nSPS) is 27.7. The van der Waals surface area contributed by atoms with Gasteiger partial charge in [-0.05, 0) is 36.8 Å². The number of halogens is 2. The van der Waals surface area contributed by atoms with E-state index in [-0.39, 0.29) is 11.8 Å². The third kappa shape index (κ3) is 2.18. The van der Waals surface area contributed by atoms with E-state index in [4.69, 9.17) is 0 Å². The average Bonchev–Trinajstić information content (AvgIpc) is 3.00. The van der Waals surface area contributed by atoms with Gasteiger partial charge in [0.1, 0.15) is 6.04 Å². The number of carbonyl (C=O) groups is 2. The molecule has 0 radical (unpaired) electrons. The van der Waals surface area contributed by atoms with Crippen molar-refractivity contribution in [1.29, 1.82) is 0 Å². The van der Waals surface area contributed by atoms with Crippen LogP contribution >= 0.6 is 0 Å². The van der Waals surface area contributed by atoms with Crippen LogP contribution in [0.1, 0.15) is 29.6 Å². The second-order valence-corrected chi connectivity index (χ2v) is 5.70. The molecule has 0 bridgehead atoms. The number of likely N-dealkylation sites (tertiary alicyclic amines) is 1. The summed E-state index contributed by atoms with van der Waals surface area (Å²) < 4.78 is 27.0. The lowest BCUT2D eigenvalue weighted by molar-refractivity contribution is -0.142. The van der Waals surface area contributed by atoms with E-state index >= 15 is 0 Å². The summed E-state index contributed by atoms with van der Waals surface area (Å²) in [5.41, 5.74) is -0.402. The Labute approximate surface area is 120 Å². The smallest absolute Gasteiger partial charge is 0.326 e. The zero-order valence-corrected chi connectivity index (χ0v) is 11.3. The number of benzene rings is 1. The van der Waals surface area contributed by atoms with Crippen LogP contribution in [-0.2, 0) is 4.79 Å². The van der Waals surface area contributed by atoms with E-state index in [1.54, 1.807) is 0 Å². The molecule has 1 aliphatic carbocycles. The van der Waals surface area contributed by atoms with Gasteiger partial charge in [-0.2, -0.15) is 0 Å². The lowest BCUT2D eigenvalue weighted by Crippen LogP contribution is -2.43. The van der Waals surface area contributed by atoms with Crippen LogP contribution in [-0.4, -0.2) is 34.5 Å². The molecular weight excluding hydrogens is 280 g/mol. The fourth-order valence-corrected chi connectivity index (χ4v) is 3.65. The SMILES string of the molecule is O=C(O)C1C2CCCC2CN1C(=O)c1cccc(F)c1F. The van der Waals surface area contributed by atoms with Crippen molar-refractivity contribution in [3.8, 4) is 0 Å². The topological polar surface area (TPSA) is 57.6 Å². The van der Waals surface area contributed by atoms with E-state index in [1.165, 1.54) is 17.0 Å². The standard InChI is InChI=1S/C15H15F2NO3/c16-11-6-2-5-10(12(11)17)14(19)18-7-8-3-1-4-9(8)13(18)15(20)21/h2,5-6,8-9,13H,1,3-4,7H2,(H,20,21). The molecule has 1 aliphatic heterocycles. The molecule has 1 saturated carbocycles. The maximum absolute atomic E-state index is 13.8. The monoisotopic (exact) mass is 295 g/mol. The van der Waals surface area contributed by atoms with Crippen LogP contribution in [0.5, 0.6) is 0 Å². The van der Waals surface area contributed by atoms with Crippen LogP contribution in [0.2, 0.25) is 0 Å². The predicted molar refractivity (Wildman–Crippen MR) is 69.6 cm³/mol. The summed E-state index contributed by atoms with van der Waals surface area (Å²) in [5, 5.41) is 9.39. The summed E-state index contributed by atoms with van der Waals surface area (Å²) in [4.78, 5) is 25.1. The maximum Gasteiger partial charge on any atom is 0.326 e. The van der Waals surface area contributed by atoms with Crippen LogP contribution in [0.15, 0.2) is 18.2 Å². The lowest BCUT2D eigenvalue weighted by atomic mass is 9.94. The van der Waals surface area contributed by atoms with E-state index in [9.17, 15) is 23.5 Å². The Bertz CT molecular complexity index is 605. The molecule has 1 aromatic rings. The quantitative estimate of drug-likeness (QED) is 0.910. The number of aliphatic carboxylic acids is 1. The Balaban J connectivity index is 1.93. The first-order valence-corrected chi connectivity index (χ1v) is 6.98. The van der Waals surface area contributed by atoms with E-state index in [0.717, 1.165) is 25.3 Å². The van der Waals surface area contributed by atoms with Crippen molar-refractivity contribution in [3.63, 3.8) is 0 Å². The molecule has 1 saturated heterocycles. The zero-order valence-electron chi connectivity index (χ0n) is 11.3. The maximum atomic E-state index is 13.8. The first kappa shape index (κ1) is 14.0. The van der Waals surface area contributed by atoms with Crippen molar-refractivity contribution in [2.45, 2.75) is 25.3 Å². The molecule has 21 heavy (non-hydrogen) atoms. The van der Waals surface area contributed by atoms with Gasteiger partial charge in [-0.25, -0.2) is 13.6 Å². The van der Waals surface area contributed by atoms with Crippen molar-refractivity contribution in [3.05, 3.63) is 35.4 Å². The Kier molecular flexibility index (Phi) is 3.39. The van der Waals surface area contributed by atoms with Crippen LogP contribution in [0.25, 0.3) is 0 Å². The van der Waals surface area contributed by atoms with Crippen molar-refractivity contribution in [2.75, 3.05) is 6.54 Å². The molecule has 1 aromatic carbocycles. The number of nitrogens with zero attached hydrogens (tertiary/aromatic N) is 1. The van der Waals surface area contributed by atoms with Gasteiger partial charge in [0.2, 0.25) is 0 Å². The molecule has 1 N–H and O–H groups in total. The highest BCUT2D eigenvalue weighted by molar-refractivity contribution is 5.97. The molecule has 1 amide bonds. The highest BCUT2D eigenvalue weighted by atomic mass is 19.2. The van der Waals surface area contributed by atoms with Crippen LogP contribution < -0.4 is 0 Å². The molecule has 112 valence electrons. The second-order valence-electron chi connectivity index (χ2n) is 5.70. The first-order valence-electron chi connectivity index (χ1n) is 6.98. The molecule has 6 heteroatoms. The van der Waals surface area contributed by atoms with E-state index in [1.807, 2.05) is 0 Å². The van der Waals surface area contributed by atoms with Gasteiger partial charge in [-0.3, -0.25) is 4.79 Å². The third-order valence-corrected chi connectivity index (χ3v) is 4.59. The number of hydrogen-bond acceptors (Lipinski definition) is 2. The molecule has 4 nitrogen and oxygen atoms in total. The predicted octanol–water partition coefficient (Wildman–Crippen LogP) is 2.29. The summed E-state index contributed by atoms with van der Waals surface area (Å²) in [6, 6.07) is 2.43. The molecule has 3 unspecified atom stereocenters. The summed E-state index contributed by atoms with van der Waals surface area (Å²) >= 11 is 0.